The molecule has 0 saturated heterocycles. The smallest absolute Gasteiger partial charge is 0.407 e. The molecule has 0 unspecified atom stereocenters. The fourth-order valence-corrected chi connectivity index (χ4v) is 2.96. The molecule has 0 spiro atoms. The Labute approximate surface area is 137 Å². The van der Waals surface area contributed by atoms with E-state index >= 15 is 0 Å². The fraction of sp³-hybridized carbons (Fsp3) is 0.500. The minimum absolute atomic E-state index is 0.122. The second-order valence-electron chi connectivity index (χ2n) is 5.10. The second kappa shape index (κ2) is 5.64. The number of fused-ring (bicyclic) bond motifs is 1. The number of imidazole rings is 1. The molecular formula is C14H17ClN4O3. The van der Waals surface area contributed by atoms with E-state index in [1.807, 2.05) is 0 Å². The second-order valence-corrected chi connectivity index (χ2v) is 5.49. The molecule has 22 heavy (non-hydrogen) atoms. The number of ether oxygens (including phenoxy) is 1. The summed E-state index contributed by atoms with van der Waals surface area (Å²) in [4.78, 5) is 28.2. The van der Waals surface area contributed by atoms with E-state index in [0.29, 0.717) is 22.9 Å². The lowest BCUT2D eigenvalue weighted by Gasteiger charge is -2.14. The number of methoxy groups -OCH3 is 1. The van der Waals surface area contributed by atoms with Crippen molar-refractivity contribution < 1.29 is 15.0 Å². The Morgan fingerprint density at radius 1 is 1.59 bits per heavy atom. The van der Waals surface area contributed by atoms with E-state index in [1.165, 1.54) is 23.9 Å². The van der Waals surface area contributed by atoms with Crippen LogP contribution in [-0.2, 0) is 11.7 Å². The van der Waals surface area contributed by atoms with E-state index in [1.54, 1.807) is 0 Å². The average molecular weight is 329 g/mol. The van der Waals surface area contributed by atoms with Crippen LogP contribution < -0.4 is 11.0 Å². The van der Waals surface area contributed by atoms with Crippen LogP contribution in [0, 0.1) is 0 Å². The first-order chi connectivity index (χ1) is 12.1. The first-order valence-electron chi connectivity index (χ1n) is 8.71. The summed E-state index contributed by atoms with van der Waals surface area (Å²) in [6, 6.07) is -0.345. The first kappa shape index (κ1) is 10.7. The Bertz CT molecular complexity index is 925. The maximum absolute atomic E-state index is 12.8. The summed E-state index contributed by atoms with van der Waals surface area (Å²) in [5, 5.41) is 2.58. The lowest BCUT2D eigenvalue weighted by atomic mass is 10.2. The topological polar surface area (TPSA) is 78.2 Å². The largest absolute Gasteiger partial charge is 0.453 e. The van der Waals surface area contributed by atoms with Gasteiger partial charge < -0.3 is 10.1 Å². The van der Waals surface area contributed by atoms with Gasteiger partial charge in [0.1, 0.15) is 5.15 Å². The lowest BCUT2D eigenvalue weighted by Crippen LogP contribution is -2.33. The Morgan fingerprint density at radius 3 is 3.14 bits per heavy atom. The Hall–Kier alpha value is -2.02. The third-order valence-electron chi connectivity index (χ3n) is 3.82. The highest BCUT2D eigenvalue weighted by Crippen LogP contribution is 2.32. The van der Waals surface area contributed by atoms with E-state index in [0.717, 1.165) is 0 Å². The molecule has 118 valence electrons. The Kier molecular flexibility index (Phi) is 2.73. The van der Waals surface area contributed by atoms with Crippen LogP contribution in [0.1, 0.15) is 30.8 Å². The highest BCUT2D eigenvalue weighted by atomic mass is 35.5. The standard InChI is InChI=1S/C14H17ClN4O3/c1-18-11-7-16-12(15)6-10(11)19(14(18)21)9-4-3-8(5-9)17-13(20)22-2/h6-9H,3-5H2,1-2H3,(H,17,20)/t8-,9+/m0/s1/i1D3,8D. The van der Waals surface area contributed by atoms with E-state index in [9.17, 15) is 9.59 Å². The molecular weight excluding hydrogens is 308 g/mol. The number of halogens is 1. The molecule has 1 fully saturated rings. The fourth-order valence-electron chi connectivity index (χ4n) is 2.80. The predicted octanol–water partition coefficient (Wildman–Crippen LogP) is 1.84. The number of aryl methyl sites for hydroxylation is 1. The van der Waals surface area contributed by atoms with Crippen molar-refractivity contribution in [2.45, 2.75) is 31.3 Å². The number of carbonyl (C=O) groups is 1. The third kappa shape index (κ3) is 2.45. The van der Waals surface area contributed by atoms with Crippen LogP contribution in [0.3, 0.4) is 0 Å². The van der Waals surface area contributed by atoms with Crippen molar-refractivity contribution in [2.75, 3.05) is 7.11 Å². The van der Waals surface area contributed by atoms with Crippen LogP contribution in [-0.4, -0.2) is 33.3 Å². The number of nitrogens with one attached hydrogen (secondary N) is 1. The maximum Gasteiger partial charge on any atom is 0.407 e. The van der Waals surface area contributed by atoms with Crippen molar-refractivity contribution in [2.24, 2.45) is 6.98 Å². The number of pyridine rings is 1. The zero-order chi connectivity index (χ0) is 19.3. The van der Waals surface area contributed by atoms with E-state index in [4.69, 9.17) is 17.1 Å². The van der Waals surface area contributed by atoms with Gasteiger partial charge in [0.05, 0.1) is 25.7 Å². The van der Waals surface area contributed by atoms with Crippen LogP contribution in [0.2, 0.25) is 5.15 Å². The summed E-state index contributed by atoms with van der Waals surface area (Å²) in [6.07, 6.45) is 1.34. The number of nitrogens with zero attached hydrogens (tertiary/aromatic N) is 3. The highest BCUT2D eigenvalue weighted by Gasteiger charge is 2.30. The van der Waals surface area contributed by atoms with Gasteiger partial charge in [-0.15, -0.1) is 0 Å². The summed E-state index contributed by atoms with van der Waals surface area (Å²) in [5.74, 6) is 0. The molecule has 1 aliphatic carbocycles. The molecule has 7 nitrogen and oxygen atoms in total. The number of alkyl carbamates (subject to hydrolysis) is 1. The number of hydrogen-bond acceptors (Lipinski definition) is 4. The van der Waals surface area contributed by atoms with Crippen molar-refractivity contribution in [3.63, 3.8) is 0 Å². The molecule has 0 bridgehead atoms. The van der Waals surface area contributed by atoms with E-state index in [2.05, 4.69) is 15.0 Å². The van der Waals surface area contributed by atoms with Gasteiger partial charge >= 0.3 is 11.8 Å². The van der Waals surface area contributed by atoms with Crippen LogP contribution >= 0.6 is 11.6 Å². The molecule has 1 saturated carbocycles. The summed E-state index contributed by atoms with van der Waals surface area (Å²) in [5.41, 5.74) is -0.252. The monoisotopic (exact) mass is 328 g/mol. The zero-order valence-electron chi connectivity index (χ0n) is 15.8. The maximum atomic E-state index is 12.8. The highest BCUT2D eigenvalue weighted by molar-refractivity contribution is 6.29. The summed E-state index contributed by atoms with van der Waals surface area (Å²) in [6.45, 7) is -2.68. The Morgan fingerprint density at radius 2 is 2.41 bits per heavy atom. The van der Waals surface area contributed by atoms with Crippen molar-refractivity contribution in [3.8, 4) is 0 Å². The normalized spacial score (nSPS) is 27.8. The van der Waals surface area contributed by atoms with E-state index < -0.39 is 30.8 Å². The number of rotatable bonds is 2. The van der Waals surface area contributed by atoms with Crippen LogP contribution in [0.25, 0.3) is 11.0 Å². The summed E-state index contributed by atoms with van der Waals surface area (Å²) >= 11 is 5.93. The molecule has 1 amide bonds. The quantitative estimate of drug-likeness (QED) is 0.853. The van der Waals surface area contributed by atoms with Gasteiger partial charge in [0.25, 0.3) is 0 Å². The predicted molar refractivity (Wildman–Crippen MR) is 82.2 cm³/mol. The molecule has 2 aromatic heterocycles. The first-order valence-corrected chi connectivity index (χ1v) is 7.09. The average Bonchev–Trinajstić information content (AvgIpc) is 3.03. The molecule has 2 atom stereocenters. The lowest BCUT2D eigenvalue weighted by molar-refractivity contribution is 0.166. The van der Waals surface area contributed by atoms with Crippen molar-refractivity contribution in [3.05, 3.63) is 27.9 Å². The molecule has 0 radical (unpaired) electrons. The minimum Gasteiger partial charge on any atom is -0.453 e. The van der Waals surface area contributed by atoms with Gasteiger partial charge in [-0.25, -0.2) is 14.6 Å². The molecule has 2 aromatic rings. The molecule has 0 aromatic carbocycles. The van der Waals surface area contributed by atoms with E-state index in [-0.39, 0.29) is 17.1 Å². The van der Waals surface area contributed by atoms with Gasteiger partial charge in [0, 0.05) is 29.2 Å². The molecule has 1 N–H and O–H groups in total. The Balaban J connectivity index is 2.09. The van der Waals surface area contributed by atoms with Gasteiger partial charge in [-0.2, -0.15) is 0 Å². The van der Waals surface area contributed by atoms with Crippen LogP contribution in [0.15, 0.2) is 17.1 Å². The number of amides is 1. The minimum atomic E-state index is -2.68. The van der Waals surface area contributed by atoms with Gasteiger partial charge in [0.15, 0.2) is 0 Å². The molecule has 1 aliphatic rings. The molecule has 2 heterocycles. The van der Waals surface area contributed by atoms with Crippen LogP contribution in [0.5, 0.6) is 0 Å². The molecule has 0 aliphatic heterocycles. The van der Waals surface area contributed by atoms with Crippen molar-refractivity contribution >= 4 is 28.7 Å². The summed E-state index contributed by atoms with van der Waals surface area (Å²) in [7, 11) is 1.20. The van der Waals surface area contributed by atoms with Crippen molar-refractivity contribution in [1.82, 2.24) is 19.4 Å². The van der Waals surface area contributed by atoms with Gasteiger partial charge in [-0.3, -0.25) is 9.13 Å². The van der Waals surface area contributed by atoms with Gasteiger partial charge in [0.2, 0.25) is 0 Å². The number of hydrogen-bond donors (Lipinski definition) is 1. The number of carbonyl (C=O) groups excluding carboxylic acids is 1. The number of aromatic nitrogens is 3. The molecule has 3 rings (SSSR count). The molecule has 8 heteroatoms. The van der Waals surface area contributed by atoms with Gasteiger partial charge in [-0.05, 0) is 19.3 Å². The summed E-state index contributed by atoms with van der Waals surface area (Å²) < 4.78 is 37.8. The van der Waals surface area contributed by atoms with Gasteiger partial charge in [-0.1, -0.05) is 11.6 Å². The van der Waals surface area contributed by atoms with Crippen molar-refractivity contribution in [1.29, 1.82) is 0 Å². The SMILES string of the molecule is [2H]C([2H])([2H])n1c(=O)n([C@@H]2CC[C@]([2H])(NC(=O)OC)C2)c2cc(Cl)ncc21. The van der Waals surface area contributed by atoms with Crippen LogP contribution in [0.4, 0.5) is 4.79 Å². The third-order valence-corrected chi connectivity index (χ3v) is 4.02. The zero-order valence-corrected chi connectivity index (χ0v) is 12.6.